The zero-order valence-electron chi connectivity index (χ0n) is 17.6. The van der Waals surface area contributed by atoms with Crippen molar-refractivity contribution in [1.29, 1.82) is 5.26 Å². The van der Waals surface area contributed by atoms with Gasteiger partial charge < -0.3 is 10.1 Å². The maximum atomic E-state index is 12.9. The number of anilines is 1. The minimum absolute atomic E-state index is 0.188. The lowest BCUT2D eigenvalue weighted by Gasteiger charge is -2.13. The van der Waals surface area contributed by atoms with Gasteiger partial charge in [-0.3, -0.25) is 14.9 Å². The Kier molecular flexibility index (Phi) is 8.10. The molecule has 0 unspecified atom stereocenters. The molecule has 1 N–H and O–H groups in total. The second-order valence-corrected chi connectivity index (χ2v) is 8.18. The molecule has 0 radical (unpaired) electrons. The second-order valence-electron chi connectivity index (χ2n) is 6.96. The summed E-state index contributed by atoms with van der Waals surface area (Å²) in [5, 5.41) is 23.1. The molecule has 184 valence electrons. The molecule has 0 saturated heterocycles. The van der Waals surface area contributed by atoms with Crippen molar-refractivity contribution in [2.75, 3.05) is 5.32 Å². The summed E-state index contributed by atoms with van der Waals surface area (Å²) in [5.74, 6) is -1.58. The molecule has 0 bridgehead atoms. The SMILES string of the molecule is N#C/C(=C\c1cc(Cl)c(Oc2ccc(C(F)(F)F)cc2[N+](=O)[O-])c(Cl)c1)C(=O)Nc1ccccc1Cl. The Bertz CT molecular complexity index is 1410. The summed E-state index contributed by atoms with van der Waals surface area (Å²) in [6.07, 6.45) is -3.63. The van der Waals surface area contributed by atoms with Gasteiger partial charge in [0.05, 0.1) is 31.2 Å². The maximum Gasteiger partial charge on any atom is 0.416 e. The fraction of sp³-hybridized carbons (Fsp3) is 0.0435. The van der Waals surface area contributed by atoms with E-state index < -0.39 is 34.0 Å². The van der Waals surface area contributed by atoms with Gasteiger partial charge in [-0.05, 0) is 48.0 Å². The molecule has 3 rings (SSSR count). The first-order chi connectivity index (χ1) is 16.9. The lowest BCUT2D eigenvalue weighted by atomic mass is 10.1. The predicted molar refractivity (Wildman–Crippen MR) is 128 cm³/mol. The minimum atomic E-state index is -4.80. The third-order valence-corrected chi connectivity index (χ3v) is 5.40. The van der Waals surface area contributed by atoms with E-state index in [1.165, 1.54) is 24.3 Å². The summed E-state index contributed by atoms with van der Waals surface area (Å²) in [6.45, 7) is 0. The largest absolute Gasteiger partial charge is 0.447 e. The number of nitrogens with one attached hydrogen (secondary N) is 1. The van der Waals surface area contributed by atoms with Crippen LogP contribution >= 0.6 is 34.8 Å². The molecule has 0 atom stereocenters. The molecule has 0 aliphatic carbocycles. The van der Waals surface area contributed by atoms with Gasteiger partial charge in [0.2, 0.25) is 5.75 Å². The van der Waals surface area contributed by atoms with Crippen LogP contribution in [0.2, 0.25) is 15.1 Å². The van der Waals surface area contributed by atoms with Gasteiger partial charge in [0.15, 0.2) is 5.75 Å². The molecule has 1 amide bonds. The molecule has 7 nitrogen and oxygen atoms in total. The number of halogens is 6. The van der Waals surface area contributed by atoms with Gasteiger partial charge in [-0.25, -0.2) is 0 Å². The van der Waals surface area contributed by atoms with E-state index in [-0.39, 0.29) is 37.6 Å². The van der Waals surface area contributed by atoms with Gasteiger partial charge in [-0.1, -0.05) is 46.9 Å². The normalized spacial score (nSPS) is 11.5. The van der Waals surface area contributed by atoms with E-state index in [9.17, 15) is 33.3 Å². The Morgan fingerprint density at radius 2 is 1.69 bits per heavy atom. The maximum absolute atomic E-state index is 12.9. The Morgan fingerprint density at radius 3 is 2.25 bits per heavy atom. The monoisotopic (exact) mass is 555 g/mol. The summed E-state index contributed by atoms with van der Waals surface area (Å²) in [5.41, 5.74) is -2.04. The van der Waals surface area contributed by atoms with E-state index in [1.54, 1.807) is 24.3 Å². The van der Waals surface area contributed by atoms with Gasteiger partial charge in [0.25, 0.3) is 5.91 Å². The Balaban J connectivity index is 1.92. The van der Waals surface area contributed by atoms with Crippen molar-refractivity contribution < 1.29 is 27.6 Å². The van der Waals surface area contributed by atoms with Crippen molar-refractivity contribution in [3.8, 4) is 17.6 Å². The molecule has 0 aliphatic heterocycles. The molecule has 0 heterocycles. The first-order valence-electron chi connectivity index (χ1n) is 9.61. The number of nitro benzene ring substituents is 1. The molecule has 0 spiro atoms. The fourth-order valence-electron chi connectivity index (χ4n) is 2.86. The number of hydrogen-bond acceptors (Lipinski definition) is 5. The molecule has 0 aliphatic rings. The van der Waals surface area contributed by atoms with Crippen LogP contribution in [-0.4, -0.2) is 10.8 Å². The van der Waals surface area contributed by atoms with Crippen molar-refractivity contribution >= 4 is 58.2 Å². The number of nitriles is 1. The van der Waals surface area contributed by atoms with E-state index in [0.29, 0.717) is 12.1 Å². The molecule has 0 fully saturated rings. The number of nitro groups is 1. The average Bonchev–Trinajstić information content (AvgIpc) is 2.80. The van der Waals surface area contributed by atoms with Crippen molar-refractivity contribution in [1.82, 2.24) is 0 Å². The van der Waals surface area contributed by atoms with Gasteiger partial charge in [0, 0.05) is 6.07 Å². The highest BCUT2D eigenvalue weighted by molar-refractivity contribution is 6.37. The molecule has 0 aromatic heterocycles. The molecule has 0 saturated carbocycles. The van der Waals surface area contributed by atoms with E-state index in [0.717, 1.165) is 6.07 Å². The van der Waals surface area contributed by atoms with Crippen LogP contribution in [0.25, 0.3) is 6.08 Å². The lowest BCUT2D eigenvalue weighted by Crippen LogP contribution is -2.13. The van der Waals surface area contributed by atoms with Crippen molar-refractivity contribution in [3.05, 3.63) is 96.5 Å². The van der Waals surface area contributed by atoms with Crippen LogP contribution in [0.4, 0.5) is 24.5 Å². The van der Waals surface area contributed by atoms with Gasteiger partial charge in [-0.15, -0.1) is 0 Å². The first-order valence-corrected chi connectivity index (χ1v) is 10.7. The van der Waals surface area contributed by atoms with E-state index in [1.807, 2.05) is 0 Å². The van der Waals surface area contributed by atoms with Crippen LogP contribution in [-0.2, 0) is 11.0 Å². The topological polar surface area (TPSA) is 105 Å². The van der Waals surface area contributed by atoms with E-state index >= 15 is 0 Å². The third-order valence-electron chi connectivity index (χ3n) is 4.51. The first kappa shape index (κ1) is 26.8. The fourth-order valence-corrected chi connectivity index (χ4v) is 3.62. The predicted octanol–water partition coefficient (Wildman–Crippen LogP) is 7.91. The standard InChI is InChI=1S/C23H11Cl3F3N3O4/c24-15-3-1-2-4-18(15)31-22(33)13(11-30)7-12-8-16(25)21(17(26)9-12)36-20-6-5-14(23(27,28)29)10-19(20)32(34)35/h1-10H,(H,31,33)/b13-7+. The number of benzene rings is 3. The zero-order valence-corrected chi connectivity index (χ0v) is 19.8. The molecule has 3 aromatic rings. The van der Waals surface area contributed by atoms with Crippen LogP contribution < -0.4 is 10.1 Å². The molecular weight excluding hydrogens is 546 g/mol. The number of amides is 1. The summed E-state index contributed by atoms with van der Waals surface area (Å²) < 4.78 is 44.2. The van der Waals surface area contributed by atoms with Crippen LogP contribution in [0.3, 0.4) is 0 Å². The van der Waals surface area contributed by atoms with Gasteiger partial charge in [0.1, 0.15) is 11.6 Å². The summed E-state index contributed by atoms with van der Waals surface area (Å²) >= 11 is 18.4. The summed E-state index contributed by atoms with van der Waals surface area (Å²) in [6, 6.07) is 12.3. The molecule has 36 heavy (non-hydrogen) atoms. The molecule has 13 heteroatoms. The quantitative estimate of drug-likeness (QED) is 0.144. The average molecular weight is 557 g/mol. The highest BCUT2D eigenvalue weighted by Crippen LogP contribution is 2.42. The minimum Gasteiger partial charge on any atom is -0.447 e. The van der Waals surface area contributed by atoms with Gasteiger partial charge in [-0.2, -0.15) is 18.4 Å². The number of carbonyl (C=O) groups is 1. The van der Waals surface area contributed by atoms with E-state index in [2.05, 4.69) is 5.32 Å². The highest BCUT2D eigenvalue weighted by Gasteiger charge is 2.33. The Hall–Kier alpha value is -3.78. The molecule has 3 aromatic carbocycles. The Labute approximate surface area is 216 Å². The van der Waals surface area contributed by atoms with Crippen LogP contribution in [0.1, 0.15) is 11.1 Å². The molecular formula is C23H11Cl3F3N3O4. The van der Waals surface area contributed by atoms with Crippen LogP contribution in [0.5, 0.6) is 11.5 Å². The van der Waals surface area contributed by atoms with Crippen molar-refractivity contribution in [2.45, 2.75) is 6.18 Å². The second kappa shape index (κ2) is 10.9. The number of carbonyl (C=O) groups excluding carboxylic acids is 1. The third kappa shape index (κ3) is 6.26. The number of hydrogen-bond donors (Lipinski definition) is 1. The zero-order chi connectivity index (χ0) is 26.6. The van der Waals surface area contributed by atoms with E-state index in [4.69, 9.17) is 39.5 Å². The summed E-state index contributed by atoms with van der Waals surface area (Å²) in [7, 11) is 0. The number of ether oxygens (including phenoxy) is 1. The lowest BCUT2D eigenvalue weighted by molar-refractivity contribution is -0.385. The van der Waals surface area contributed by atoms with Crippen molar-refractivity contribution in [3.63, 3.8) is 0 Å². The number of alkyl halides is 3. The number of rotatable bonds is 6. The highest BCUT2D eigenvalue weighted by atomic mass is 35.5. The summed E-state index contributed by atoms with van der Waals surface area (Å²) in [4.78, 5) is 22.7. The number of para-hydroxylation sites is 1. The van der Waals surface area contributed by atoms with Crippen molar-refractivity contribution in [2.24, 2.45) is 0 Å². The van der Waals surface area contributed by atoms with Gasteiger partial charge >= 0.3 is 11.9 Å². The Morgan fingerprint density at radius 1 is 1.06 bits per heavy atom. The van der Waals surface area contributed by atoms with Crippen LogP contribution in [0.15, 0.2) is 60.2 Å². The number of nitrogens with zero attached hydrogens (tertiary/aromatic N) is 2. The smallest absolute Gasteiger partial charge is 0.416 e. The van der Waals surface area contributed by atoms with Crippen LogP contribution in [0, 0.1) is 21.4 Å².